The number of piperidine rings is 4. The Labute approximate surface area is 320 Å². The SMILES string of the molecule is CC[C@@H]1[C@H]2C[C@H]3[C@H]4N(C)c5ccccc5[C@@]45C[C@@H]([C@@H]2[C@H]5O)[N@@+]3(CC(=O)O[C@H]2CC[C@@]3(C)[C@@H](CC[C@H]4[C@H]3CC[C@]3(C)[C@H](C5=CC(=O)OC5)CC[C@]43O)C2)[C@@H]1O. The second-order valence-corrected chi connectivity index (χ2v) is 20.7. The van der Waals surface area contributed by atoms with Crippen LogP contribution in [-0.4, -0.2) is 94.1 Å². The van der Waals surface area contributed by atoms with Crippen molar-refractivity contribution in [2.24, 2.45) is 52.3 Å². The number of nitrogens with zero attached hydrogens (tertiary/aromatic N) is 2. The number of cyclic esters (lactones) is 1. The molecule has 3 N–H and O–H groups in total. The summed E-state index contributed by atoms with van der Waals surface area (Å²) < 4.78 is 12.3. The third-order valence-electron chi connectivity index (χ3n) is 19.8. The molecule has 1 spiro atoms. The van der Waals surface area contributed by atoms with E-state index < -0.39 is 17.9 Å². The van der Waals surface area contributed by atoms with Crippen LogP contribution in [0.2, 0.25) is 0 Å². The summed E-state index contributed by atoms with van der Waals surface area (Å²) in [4.78, 5) is 28.8. The van der Waals surface area contributed by atoms with Crippen LogP contribution < -0.4 is 4.90 Å². The molecular formula is C45H61N2O7+. The van der Waals surface area contributed by atoms with Gasteiger partial charge in [-0.25, -0.2) is 9.59 Å². The summed E-state index contributed by atoms with van der Waals surface area (Å²) in [6.07, 6.45) is 11.5. The molecular weight excluding hydrogens is 681 g/mol. The number of hydrogen-bond donors (Lipinski definition) is 3. The van der Waals surface area contributed by atoms with Crippen molar-refractivity contribution in [3.05, 3.63) is 41.5 Å². The maximum Gasteiger partial charge on any atom is 0.362 e. The minimum Gasteiger partial charge on any atom is -0.458 e. The standard InChI is InChI=1S/C45H61N2O7/c1-5-27-28-20-34-39-44(32-8-6-7-9-33(32)46(39)4)21-35(38(28)40(44)50)47(34,41(27)51)22-37(49)54-26-12-15-42(2)25(19-26)10-11-31-30(42)13-16-43(3)29(14-17-45(31,43)52)24-18-36(48)53-23-24/h6-9,18,25-31,34-35,38-41,50-52H,5,10-17,19-23H2,1-4H3/q+1/t25-,26-,27+,28+,29-,30+,31-,34-,35-,38+,39+,40+,41+,42-,43+,44-,45-,47-/m0/s1. The van der Waals surface area contributed by atoms with Gasteiger partial charge in [-0.05, 0) is 116 Å². The molecule has 11 aliphatic rings. The molecule has 9 fully saturated rings. The van der Waals surface area contributed by atoms with Gasteiger partial charge in [0.15, 0.2) is 12.8 Å². The fraction of sp³-hybridized carbons (Fsp3) is 0.778. The van der Waals surface area contributed by atoms with E-state index in [-0.39, 0.29) is 88.5 Å². The van der Waals surface area contributed by atoms with E-state index in [1.165, 1.54) is 11.3 Å². The van der Waals surface area contributed by atoms with E-state index in [4.69, 9.17) is 9.47 Å². The number of carbonyl (C=O) groups excluding carboxylic acids is 2. The fourth-order valence-electron chi connectivity index (χ4n) is 17.6. The Kier molecular flexibility index (Phi) is 7.17. The van der Waals surface area contributed by atoms with Crippen LogP contribution >= 0.6 is 0 Å². The van der Waals surface area contributed by atoms with Gasteiger partial charge in [0.2, 0.25) is 0 Å². The molecule has 6 aliphatic heterocycles. The van der Waals surface area contributed by atoms with Crippen molar-refractivity contribution >= 4 is 17.6 Å². The highest BCUT2D eigenvalue weighted by atomic mass is 16.5. The van der Waals surface area contributed by atoms with Gasteiger partial charge in [0.05, 0.1) is 29.2 Å². The van der Waals surface area contributed by atoms with E-state index in [1.54, 1.807) is 6.08 Å². The molecule has 0 amide bonds. The number of aliphatic hydroxyl groups is 3. The first-order valence-electron chi connectivity index (χ1n) is 21.7. The van der Waals surface area contributed by atoms with E-state index >= 15 is 0 Å². The first-order chi connectivity index (χ1) is 25.8. The zero-order valence-corrected chi connectivity index (χ0v) is 32.7. The first-order valence-corrected chi connectivity index (χ1v) is 21.7. The summed E-state index contributed by atoms with van der Waals surface area (Å²) in [6.45, 7) is 7.48. The van der Waals surface area contributed by atoms with Crippen LogP contribution in [0.5, 0.6) is 0 Å². The van der Waals surface area contributed by atoms with Gasteiger partial charge in [0.1, 0.15) is 18.8 Å². The number of esters is 2. The summed E-state index contributed by atoms with van der Waals surface area (Å²) in [6, 6.07) is 8.74. The van der Waals surface area contributed by atoms with Crippen LogP contribution in [0.1, 0.15) is 103 Å². The van der Waals surface area contributed by atoms with Gasteiger partial charge in [0.25, 0.3) is 0 Å². The molecule has 1 aromatic carbocycles. The quantitative estimate of drug-likeness (QED) is 0.278. The Morgan fingerprint density at radius 3 is 2.61 bits per heavy atom. The van der Waals surface area contributed by atoms with Crippen molar-refractivity contribution in [2.75, 3.05) is 25.1 Å². The highest BCUT2D eigenvalue weighted by molar-refractivity contribution is 5.85. The Morgan fingerprint density at radius 1 is 1.02 bits per heavy atom. The molecule has 9 nitrogen and oxygen atoms in total. The lowest BCUT2D eigenvalue weighted by atomic mass is 9.43. The summed E-state index contributed by atoms with van der Waals surface area (Å²) in [5.74, 6) is 1.32. The van der Waals surface area contributed by atoms with Gasteiger partial charge in [0, 0.05) is 48.9 Å². The molecule has 0 radical (unpaired) electrons. The highest BCUT2D eigenvalue weighted by Crippen LogP contribution is 2.73. The third kappa shape index (κ3) is 3.88. The largest absolute Gasteiger partial charge is 0.458 e. The average molecular weight is 742 g/mol. The number of likely N-dealkylation sites (N-methyl/N-ethyl adjacent to an activating group) is 1. The molecule has 292 valence electrons. The minimum absolute atomic E-state index is 0.0370. The Morgan fingerprint density at radius 2 is 1.83 bits per heavy atom. The van der Waals surface area contributed by atoms with Gasteiger partial charge < -0.3 is 29.7 Å². The van der Waals surface area contributed by atoms with Crippen LogP contribution in [-0.2, 0) is 24.5 Å². The zero-order chi connectivity index (χ0) is 37.3. The van der Waals surface area contributed by atoms with Crippen molar-refractivity contribution < 1.29 is 38.9 Å². The van der Waals surface area contributed by atoms with E-state index in [2.05, 4.69) is 57.0 Å². The number of hydrogen-bond acceptors (Lipinski definition) is 8. The molecule has 5 saturated carbocycles. The summed E-state index contributed by atoms with van der Waals surface area (Å²) in [7, 11) is 2.17. The van der Waals surface area contributed by atoms with Crippen molar-refractivity contribution in [3.8, 4) is 0 Å². The van der Waals surface area contributed by atoms with E-state index in [9.17, 15) is 24.9 Å². The topological polar surface area (TPSA) is 117 Å². The molecule has 12 rings (SSSR count). The van der Waals surface area contributed by atoms with Crippen molar-refractivity contribution in [3.63, 3.8) is 0 Å². The van der Waals surface area contributed by atoms with E-state index in [0.29, 0.717) is 22.9 Å². The number of fused-ring (bicyclic) bond motifs is 7. The van der Waals surface area contributed by atoms with Crippen molar-refractivity contribution in [1.82, 2.24) is 0 Å². The van der Waals surface area contributed by atoms with Gasteiger partial charge in [-0.3, -0.25) is 4.48 Å². The second-order valence-electron chi connectivity index (χ2n) is 20.7. The molecule has 4 saturated heterocycles. The molecule has 9 heteroatoms. The lowest BCUT2D eigenvalue weighted by Gasteiger charge is -2.67. The second kappa shape index (κ2) is 11.1. The summed E-state index contributed by atoms with van der Waals surface area (Å²) in [5, 5.41) is 37.5. The Bertz CT molecular complexity index is 1830. The molecule has 18 atom stereocenters. The van der Waals surface area contributed by atoms with E-state index in [1.807, 2.05) is 0 Å². The molecule has 54 heavy (non-hydrogen) atoms. The fourth-order valence-corrected chi connectivity index (χ4v) is 17.6. The summed E-state index contributed by atoms with van der Waals surface area (Å²) >= 11 is 0. The third-order valence-corrected chi connectivity index (χ3v) is 19.8. The monoisotopic (exact) mass is 741 g/mol. The Hall–Kier alpha value is -2.46. The van der Waals surface area contributed by atoms with Crippen LogP contribution in [0, 0.1) is 52.3 Å². The maximum absolute atomic E-state index is 14.5. The molecule has 5 aliphatic carbocycles. The average Bonchev–Trinajstić information content (AvgIpc) is 3.83. The van der Waals surface area contributed by atoms with Crippen LogP contribution in [0.4, 0.5) is 5.69 Å². The zero-order valence-electron chi connectivity index (χ0n) is 32.7. The number of benzene rings is 1. The van der Waals surface area contributed by atoms with Gasteiger partial charge in [-0.1, -0.05) is 39.0 Å². The minimum atomic E-state index is -0.739. The number of aliphatic hydroxyl groups excluding tert-OH is 2. The number of carbonyl (C=O) groups is 2. The van der Waals surface area contributed by atoms with Crippen LogP contribution in [0.25, 0.3) is 0 Å². The number of para-hydroxylation sites is 1. The van der Waals surface area contributed by atoms with Crippen LogP contribution in [0.3, 0.4) is 0 Å². The first kappa shape index (κ1) is 34.8. The Balaban J connectivity index is 0.829. The predicted octanol–water partition coefficient (Wildman–Crippen LogP) is 5.24. The van der Waals surface area contributed by atoms with Crippen LogP contribution in [0.15, 0.2) is 35.9 Å². The predicted molar refractivity (Wildman–Crippen MR) is 201 cm³/mol. The molecule has 5 bridgehead atoms. The van der Waals surface area contributed by atoms with Gasteiger partial charge in [-0.2, -0.15) is 0 Å². The molecule has 0 unspecified atom stereocenters. The van der Waals surface area contributed by atoms with Crippen molar-refractivity contribution in [1.29, 1.82) is 0 Å². The number of quaternary nitrogens is 1. The highest BCUT2D eigenvalue weighted by Gasteiger charge is 2.83. The van der Waals surface area contributed by atoms with Crippen molar-refractivity contribution in [2.45, 2.75) is 145 Å². The van der Waals surface area contributed by atoms with Gasteiger partial charge in [-0.15, -0.1) is 0 Å². The van der Waals surface area contributed by atoms with Gasteiger partial charge >= 0.3 is 11.9 Å². The van der Waals surface area contributed by atoms with E-state index in [0.717, 1.165) is 82.6 Å². The lowest BCUT2D eigenvalue weighted by Crippen LogP contribution is -2.83. The maximum atomic E-state index is 14.5. The summed E-state index contributed by atoms with van der Waals surface area (Å²) in [5.41, 5.74) is 2.28. The normalized spacial score (nSPS) is 54.4. The lowest BCUT2D eigenvalue weighted by molar-refractivity contribution is -1.03. The number of rotatable bonds is 5. The number of ether oxygens (including phenoxy) is 2. The number of anilines is 1. The smallest absolute Gasteiger partial charge is 0.362 e. The molecule has 1 aromatic rings. The molecule has 6 heterocycles. The molecule has 0 aromatic heterocycles.